The smallest absolute Gasteiger partial charge is 0.0455 e. The molecular weight excluding hydrogens is 215 g/mol. The zero-order valence-corrected chi connectivity index (χ0v) is 9.91. The van der Waals surface area contributed by atoms with E-state index >= 15 is 0 Å². The van der Waals surface area contributed by atoms with Gasteiger partial charge in [0, 0.05) is 10.0 Å². The number of hydrogen-bond donors (Lipinski definition) is 0. The number of halogens is 2. The normalized spacial score (nSPS) is 10.5. The van der Waals surface area contributed by atoms with Gasteiger partial charge in [-0.05, 0) is 30.5 Å². The van der Waals surface area contributed by atoms with Crippen LogP contribution < -0.4 is 0 Å². The molecule has 77 valence electrons. The maximum absolute atomic E-state index is 6.03. The largest absolute Gasteiger partial charge is 0.0843 e. The van der Waals surface area contributed by atoms with E-state index in [-0.39, 0.29) is 0 Å². The monoisotopic (exact) mass is 229 g/mol. The molecule has 0 N–H and O–H groups in total. The van der Waals surface area contributed by atoms with Gasteiger partial charge in [-0.1, -0.05) is 55.5 Å². The van der Waals surface area contributed by atoms with Crippen LogP contribution in [0, 0.1) is 6.42 Å². The van der Waals surface area contributed by atoms with Gasteiger partial charge in [0.1, 0.15) is 0 Å². The molecule has 0 aliphatic rings. The lowest BCUT2D eigenvalue weighted by Gasteiger charge is -2.03. The highest BCUT2D eigenvalue weighted by Gasteiger charge is 2.00. The van der Waals surface area contributed by atoms with E-state index in [9.17, 15) is 0 Å². The molecule has 14 heavy (non-hydrogen) atoms. The number of hydrogen-bond acceptors (Lipinski definition) is 0. The van der Waals surface area contributed by atoms with E-state index in [1.165, 1.54) is 19.3 Å². The summed E-state index contributed by atoms with van der Waals surface area (Å²) in [7, 11) is 0. The van der Waals surface area contributed by atoms with Gasteiger partial charge in [0.15, 0.2) is 0 Å². The summed E-state index contributed by atoms with van der Waals surface area (Å²) in [6.07, 6.45) is 7.03. The van der Waals surface area contributed by atoms with E-state index in [0.717, 1.165) is 17.0 Å². The highest BCUT2D eigenvalue weighted by atomic mass is 35.5. The van der Waals surface area contributed by atoms with E-state index in [1.54, 1.807) is 6.07 Å². The molecule has 0 nitrogen and oxygen atoms in total. The topological polar surface area (TPSA) is 0 Å². The average molecular weight is 230 g/mol. The van der Waals surface area contributed by atoms with Crippen molar-refractivity contribution in [3.63, 3.8) is 0 Å². The van der Waals surface area contributed by atoms with Crippen molar-refractivity contribution < 1.29 is 0 Å². The molecule has 0 heterocycles. The van der Waals surface area contributed by atoms with Gasteiger partial charge in [-0.25, -0.2) is 0 Å². The molecule has 0 saturated carbocycles. The van der Waals surface area contributed by atoms with Crippen LogP contribution in [0.5, 0.6) is 0 Å². The molecule has 2 heteroatoms. The van der Waals surface area contributed by atoms with E-state index in [4.69, 9.17) is 23.2 Å². The number of benzene rings is 1. The molecule has 0 unspecified atom stereocenters. The predicted molar refractivity (Wildman–Crippen MR) is 64.0 cm³/mol. The van der Waals surface area contributed by atoms with Crippen LogP contribution in [0.3, 0.4) is 0 Å². The summed E-state index contributed by atoms with van der Waals surface area (Å²) in [5.41, 5.74) is 1.09. The standard InChI is InChI=1S/C12H15Cl2/c1-2-3-4-5-6-10-7-8-11(13)9-12(10)14/h6-9H,2-5H2,1H3. The summed E-state index contributed by atoms with van der Waals surface area (Å²) in [5.74, 6) is 0. The second kappa shape index (κ2) is 6.31. The van der Waals surface area contributed by atoms with E-state index in [2.05, 4.69) is 13.3 Å². The second-order valence-electron chi connectivity index (χ2n) is 3.37. The van der Waals surface area contributed by atoms with Crippen LogP contribution in [0.15, 0.2) is 18.2 Å². The van der Waals surface area contributed by atoms with Gasteiger partial charge in [-0.15, -0.1) is 0 Å². The Kier molecular flexibility index (Phi) is 5.36. The van der Waals surface area contributed by atoms with Crippen molar-refractivity contribution in [1.82, 2.24) is 0 Å². The summed E-state index contributed by atoms with van der Waals surface area (Å²) in [6.45, 7) is 2.20. The zero-order chi connectivity index (χ0) is 10.4. The molecule has 0 aromatic heterocycles. The molecule has 0 aliphatic carbocycles. The van der Waals surface area contributed by atoms with Crippen LogP contribution >= 0.6 is 23.2 Å². The molecule has 0 saturated heterocycles. The minimum Gasteiger partial charge on any atom is -0.0843 e. The Morgan fingerprint density at radius 3 is 2.64 bits per heavy atom. The van der Waals surface area contributed by atoms with Gasteiger partial charge in [0.2, 0.25) is 0 Å². The fourth-order valence-electron chi connectivity index (χ4n) is 1.32. The molecule has 0 spiro atoms. The molecule has 1 aromatic rings. The molecule has 0 fully saturated rings. The Labute approximate surface area is 96.2 Å². The van der Waals surface area contributed by atoms with Crippen LogP contribution in [0.25, 0.3) is 0 Å². The SMILES string of the molecule is CCCCC[CH]c1ccc(Cl)cc1Cl. The molecule has 1 rings (SSSR count). The molecule has 0 bridgehead atoms. The zero-order valence-electron chi connectivity index (χ0n) is 8.39. The van der Waals surface area contributed by atoms with Crippen molar-refractivity contribution in [2.24, 2.45) is 0 Å². The molecule has 0 atom stereocenters. The van der Waals surface area contributed by atoms with Crippen LogP contribution in [0.1, 0.15) is 38.2 Å². The third-order valence-electron chi connectivity index (χ3n) is 2.13. The van der Waals surface area contributed by atoms with E-state index < -0.39 is 0 Å². The first-order valence-corrected chi connectivity index (χ1v) is 5.78. The van der Waals surface area contributed by atoms with Crippen LogP contribution in [-0.4, -0.2) is 0 Å². The van der Waals surface area contributed by atoms with Gasteiger partial charge in [0.25, 0.3) is 0 Å². The Morgan fingerprint density at radius 2 is 2.00 bits per heavy atom. The lowest BCUT2D eigenvalue weighted by atomic mass is 10.1. The lowest BCUT2D eigenvalue weighted by Crippen LogP contribution is -1.84. The van der Waals surface area contributed by atoms with Crippen LogP contribution in [-0.2, 0) is 0 Å². The summed E-state index contributed by atoms with van der Waals surface area (Å²) < 4.78 is 0. The summed E-state index contributed by atoms with van der Waals surface area (Å²) in [5, 5.41) is 1.44. The lowest BCUT2D eigenvalue weighted by molar-refractivity contribution is 0.715. The van der Waals surface area contributed by atoms with Crippen molar-refractivity contribution in [3.8, 4) is 0 Å². The molecule has 0 aliphatic heterocycles. The fraction of sp³-hybridized carbons (Fsp3) is 0.417. The minimum atomic E-state index is 0.695. The summed E-state index contributed by atoms with van der Waals surface area (Å²) in [6, 6.07) is 5.63. The van der Waals surface area contributed by atoms with Crippen molar-refractivity contribution in [1.29, 1.82) is 0 Å². The molecular formula is C12H15Cl2. The van der Waals surface area contributed by atoms with Crippen molar-refractivity contribution in [3.05, 3.63) is 40.2 Å². The first-order valence-electron chi connectivity index (χ1n) is 5.02. The quantitative estimate of drug-likeness (QED) is 0.615. The summed E-state index contributed by atoms with van der Waals surface area (Å²) >= 11 is 11.8. The van der Waals surface area contributed by atoms with Crippen molar-refractivity contribution >= 4 is 23.2 Å². The first-order chi connectivity index (χ1) is 6.74. The van der Waals surface area contributed by atoms with Gasteiger partial charge in [0.05, 0.1) is 0 Å². The maximum Gasteiger partial charge on any atom is 0.0455 e. The van der Waals surface area contributed by atoms with E-state index in [0.29, 0.717) is 5.02 Å². The second-order valence-corrected chi connectivity index (χ2v) is 4.21. The number of unbranched alkanes of at least 4 members (excludes halogenated alkanes) is 3. The van der Waals surface area contributed by atoms with Crippen LogP contribution in [0.2, 0.25) is 10.0 Å². The Balaban J connectivity index is 2.42. The molecule has 0 amide bonds. The first kappa shape index (κ1) is 11.9. The van der Waals surface area contributed by atoms with Gasteiger partial charge in [-0.3, -0.25) is 0 Å². The molecule has 1 aromatic carbocycles. The Hall–Kier alpha value is -0.200. The number of rotatable bonds is 5. The van der Waals surface area contributed by atoms with Crippen molar-refractivity contribution in [2.75, 3.05) is 0 Å². The average Bonchev–Trinajstić information content (AvgIpc) is 2.15. The minimum absolute atomic E-state index is 0.695. The van der Waals surface area contributed by atoms with Gasteiger partial charge < -0.3 is 0 Å². The Morgan fingerprint density at radius 1 is 1.21 bits per heavy atom. The maximum atomic E-state index is 6.03. The highest BCUT2D eigenvalue weighted by molar-refractivity contribution is 6.35. The molecule has 1 radical (unpaired) electrons. The predicted octanol–water partition coefficient (Wildman–Crippen LogP) is 5.13. The summed E-state index contributed by atoms with van der Waals surface area (Å²) in [4.78, 5) is 0. The van der Waals surface area contributed by atoms with Gasteiger partial charge in [-0.2, -0.15) is 0 Å². The van der Waals surface area contributed by atoms with Gasteiger partial charge >= 0.3 is 0 Å². The van der Waals surface area contributed by atoms with E-state index in [1.807, 2.05) is 12.1 Å². The third kappa shape index (κ3) is 3.89. The Bertz CT molecular complexity index is 282. The van der Waals surface area contributed by atoms with Crippen LogP contribution in [0.4, 0.5) is 0 Å². The van der Waals surface area contributed by atoms with Crippen molar-refractivity contribution in [2.45, 2.75) is 32.6 Å². The third-order valence-corrected chi connectivity index (χ3v) is 2.70. The fourth-order valence-corrected chi connectivity index (χ4v) is 1.80. The highest BCUT2D eigenvalue weighted by Crippen LogP contribution is 2.23.